The van der Waals surface area contributed by atoms with Crippen molar-refractivity contribution in [1.29, 1.82) is 0 Å². The fourth-order valence-electron chi connectivity index (χ4n) is 2.27. The Labute approximate surface area is 119 Å². The number of benzene rings is 2. The summed E-state index contributed by atoms with van der Waals surface area (Å²) < 4.78 is 19.8. The standard InChI is InChI=1S/C17H20FNO/c1-10-8-11(2)12(3)16(9-10)20-15-7-5-6-14(18)17(15)13(4)19/h5-9,13H,19H2,1-4H3. The van der Waals surface area contributed by atoms with Crippen LogP contribution in [0.1, 0.15) is 35.2 Å². The van der Waals surface area contributed by atoms with Gasteiger partial charge in [-0.2, -0.15) is 0 Å². The van der Waals surface area contributed by atoms with Crippen LogP contribution in [0, 0.1) is 26.6 Å². The summed E-state index contributed by atoms with van der Waals surface area (Å²) in [5.41, 5.74) is 9.57. The number of aryl methyl sites for hydroxylation is 2. The minimum Gasteiger partial charge on any atom is -0.457 e. The van der Waals surface area contributed by atoms with Crippen molar-refractivity contribution in [1.82, 2.24) is 0 Å². The van der Waals surface area contributed by atoms with Gasteiger partial charge in [-0.15, -0.1) is 0 Å². The summed E-state index contributed by atoms with van der Waals surface area (Å²) in [6.07, 6.45) is 0. The minimum atomic E-state index is -0.419. The summed E-state index contributed by atoms with van der Waals surface area (Å²) in [5, 5.41) is 0. The molecule has 106 valence electrons. The second kappa shape index (κ2) is 5.63. The Morgan fingerprint density at radius 3 is 2.45 bits per heavy atom. The van der Waals surface area contributed by atoms with Gasteiger partial charge < -0.3 is 10.5 Å². The predicted molar refractivity (Wildman–Crippen MR) is 79.7 cm³/mol. The lowest BCUT2D eigenvalue weighted by atomic mass is 10.0. The average Bonchev–Trinajstić information content (AvgIpc) is 2.35. The molecule has 0 radical (unpaired) electrons. The van der Waals surface area contributed by atoms with Gasteiger partial charge in [0, 0.05) is 11.6 Å². The number of halogens is 1. The van der Waals surface area contributed by atoms with Crippen molar-refractivity contribution in [3.05, 3.63) is 58.4 Å². The topological polar surface area (TPSA) is 35.2 Å². The van der Waals surface area contributed by atoms with Crippen LogP contribution in [-0.2, 0) is 0 Å². The van der Waals surface area contributed by atoms with Crippen molar-refractivity contribution in [2.75, 3.05) is 0 Å². The van der Waals surface area contributed by atoms with Crippen LogP contribution >= 0.6 is 0 Å². The maximum Gasteiger partial charge on any atom is 0.135 e. The van der Waals surface area contributed by atoms with E-state index in [0.29, 0.717) is 11.3 Å². The quantitative estimate of drug-likeness (QED) is 0.889. The zero-order valence-electron chi connectivity index (χ0n) is 12.3. The molecule has 0 aliphatic carbocycles. The molecule has 0 aliphatic rings. The van der Waals surface area contributed by atoms with Crippen molar-refractivity contribution in [2.45, 2.75) is 33.7 Å². The zero-order valence-corrected chi connectivity index (χ0v) is 12.3. The van der Waals surface area contributed by atoms with E-state index in [1.807, 2.05) is 26.8 Å². The molecule has 0 spiro atoms. The van der Waals surface area contributed by atoms with Crippen molar-refractivity contribution >= 4 is 0 Å². The molecule has 0 aromatic heterocycles. The summed E-state index contributed by atoms with van der Waals surface area (Å²) in [6, 6.07) is 8.42. The van der Waals surface area contributed by atoms with Gasteiger partial charge in [-0.05, 0) is 62.6 Å². The predicted octanol–water partition coefficient (Wildman–Crippen LogP) is 4.56. The van der Waals surface area contributed by atoms with E-state index in [1.54, 1.807) is 19.1 Å². The lowest BCUT2D eigenvalue weighted by Crippen LogP contribution is -2.09. The van der Waals surface area contributed by atoms with Crippen LogP contribution in [0.4, 0.5) is 4.39 Å². The Morgan fingerprint density at radius 2 is 1.80 bits per heavy atom. The zero-order chi connectivity index (χ0) is 14.9. The highest BCUT2D eigenvalue weighted by atomic mass is 19.1. The van der Waals surface area contributed by atoms with E-state index in [2.05, 4.69) is 6.07 Å². The molecule has 0 amide bonds. The fraction of sp³-hybridized carbons (Fsp3) is 0.294. The summed E-state index contributed by atoms with van der Waals surface area (Å²) in [6.45, 7) is 7.79. The Balaban J connectivity index is 2.48. The van der Waals surface area contributed by atoms with Gasteiger partial charge in [0.2, 0.25) is 0 Å². The molecule has 2 aromatic rings. The third-order valence-electron chi connectivity index (χ3n) is 3.45. The first-order valence-electron chi connectivity index (χ1n) is 6.70. The largest absolute Gasteiger partial charge is 0.457 e. The molecule has 0 saturated carbocycles. The van der Waals surface area contributed by atoms with E-state index >= 15 is 0 Å². The van der Waals surface area contributed by atoms with E-state index in [0.717, 1.165) is 22.4 Å². The molecule has 0 aliphatic heterocycles. The fourth-order valence-corrected chi connectivity index (χ4v) is 2.27. The number of ether oxygens (including phenoxy) is 1. The monoisotopic (exact) mass is 273 g/mol. The molecule has 0 heterocycles. The summed E-state index contributed by atoms with van der Waals surface area (Å²) in [7, 11) is 0. The third kappa shape index (κ3) is 2.83. The van der Waals surface area contributed by atoms with E-state index < -0.39 is 6.04 Å². The van der Waals surface area contributed by atoms with Crippen LogP contribution < -0.4 is 10.5 Å². The first-order valence-corrected chi connectivity index (χ1v) is 6.70. The molecule has 2 nitrogen and oxygen atoms in total. The number of rotatable bonds is 3. The van der Waals surface area contributed by atoms with Crippen molar-refractivity contribution in [3.8, 4) is 11.5 Å². The highest BCUT2D eigenvalue weighted by Crippen LogP contribution is 2.33. The second-order valence-corrected chi connectivity index (χ2v) is 5.25. The molecule has 2 N–H and O–H groups in total. The SMILES string of the molecule is Cc1cc(C)c(C)c(Oc2cccc(F)c2C(C)N)c1. The van der Waals surface area contributed by atoms with Crippen molar-refractivity contribution in [3.63, 3.8) is 0 Å². The lowest BCUT2D eigenvalue weighted by molar-refractivity contribution is 0.457. The Morgan fingerprint density at radius 1 is 1.10 bits per heavy atom. The van der Waals surface area contributed by atoms with Gasteiger partial charge in [-0.25, -0.2) is 4.39 Å². The molecular formula is C17H20FNO. The van der Waals surface area contributed by atoms with Crippen LogP contribution in [0.3, 0.4) is 0 Å². The molecule has 1 unspecified atom stereocenters. The Kier molecular flexibility index (Phi) is 4.09. The normalized spacial score (nSPS) is 12.3. The third-order valence-corrected chi connectivity index (χ3v) is 3.45. The van der Waals surface area contributed by atoms with Crippen LogP contribution in [0.25, 0.3) is 0 Å². The van der Waals surface area contributed by atoms with Gasteiger partial charge in [-0.1, -0.05) is 12.1 Å². The van der Waals surface area contributed by atoms with Crippen LogP contribution in [0.2, 0.25) is 0 Å². The highest BCUT2D eigenvalue weighted by molar-refractivity contribution is 5.46. The molecule has 3 heteroatoms. The van der Waals surface area contributed by atoms with Gasteiger partial charge in [0.15, 0.2) is 0 Å². The van der Waals surface area contributed by atoms with Gasteiger partial charge in [0.25, 0.3) is 0 Å². The van der Waals surface area contributed by atoms with Crippen molar-refractivity contribution < 1.29 is 9.13 Å². The van der Waals surface area contributed by atoms with Gasteiger partial charge in [-0.3, -0.25) is 0 Å². The lowest BCUT2D eigenvalue weighted by Gasteiger charge is -2.17. The number of hydrogen-bond donors (Lipinski definition) is 1. The van der Waals surface area contributed by atoms with Crippen LogP contribution in [0.15, 0.2) is 30.3 Å². The van der Waals surface area contributed by atoms with Gasteiger partial charge >= 0.3 is 0 Å². The van der Waals surface area contributed by atoms with Crippen LogP contribution in [0.5, 0.6) is 11.5 Å². The first kappa shape index (κ1) is 14.5. The smallest absolute Gasteiger partial charge is 0.135 e. The van der Waals surface area contributed by atoms with Crippen molar-refractivity contribution in [2.24, 2.45) is 5.73 Å². The Hall–Kier alpha value is -1.87. The maximum absolute atomic E-state index is 13.9. The summed E-state index contributed by atoms with van der Waals surface area (Å²) in [4.78, 5) is 0. The molecule has 20 heavy (non-hydrogen) atoms. The summed E-state index contributed by atoms with van der Waals surface area (Å²) >= 11 is 0. The second-order valence-electron chi connectivity index (χ2n) is 5.25. The van der Waals surface area contributed by atoms with E-state index in [-0.39, 0.29) is 5.82 Å². The van der Waals surface area contributed by atoms with Gasteiger partial charge in [0.1, 0.15) is 17.3 Å². The number of hydrogen-bond acceptors (Lipinski definition) is 2. The number of nitrogens with two attached hydrogens (primary N) is 1. The molecule has 0 fully saturated rings. The molecule has 2 rings (SSSR count). The first-order chi connectivity index (χ1) is 9.40. The molecule has 1 atom stereocenters. The molecule has 0 bridgehead atoms. The minimum absolute atomic E-state index is 0.334. The van der Waals surface area contributed by atoms with Crippen LogP contribution in [-0.4, -0.2) is 0 Å². The molecule has 2 aromatic carbocycles. The summed E-state index contributed by atoms with van der Waals surface area (Å²) in [5.74, 6) is 0.891. The van der Waals surface area contributed by atoms with E-state index in [1.165, 1.54) is 6.07 Å². The highest BCUT2D eigenvalue weighted by Gasteiger charge is 2.15. The van der Waals surface area contributed by atoms with E-state index in [4.69, 9.17) is 10.5 Å². The maximum atomic E-state index is 13.9. The Bertz CT molecular complexity index is 635. The van der Waals surface area contributed by atoms with E-state index in [9.17, 15) is 4.39 Å². The van der Waals surface area contributed by atoms with Gasteiger partial charge in [0.05, 0.1) is 0 Å². The average molecular weight is 273 g/mol. The molecular weight excluding hydrogens is 253 g/mol. The molecule has 0 saturated heterocycles.